The highest BCUT2D eigenvalue weighted by Crippen LogP contribution is 2.24. The summed E-state index contributed by atoms with van der Waals surface area (Å²) in [6, 6.07) is 10.8. The number of nitrogen functional groups attached to an aromatic ring is 1. The zero-order chi connectivity index (χ0) is 18.8. The lowest BCUT2D eigenvalue weighted by atomic mass is 10.1. The number of aromatic nitrogens is 5. The van der Waals surface area contributed by atoms with Crippen molar-refractivity contribution in [2.24, 2.45) is 0 Å². The van der Waals surface area contributed by atoms with Crippen LogP contribution >= 0.6 is 0 Å². The van der Waals surface area contributed by atoms with Gasteiger partial charge in [0.1, 0.15) is 5.82 Å². The Labute approximate surface area is 152 Å². The highest BCUT2D eigenvalue weighted by atomic mass is 19.3. The maximum absolute atomic E-state index is 12.5. The lowest BCUT2D eigenvalue weighted by molar-refractivity contribution is 0.116. The van der Waals surface area contributed by atoms with Gasteiger partial charge in [-0.2, -0.15) is 8.78 Å². The van der Waals surface area contributed by atoms with Gasteiger partial charge in [0.2, 0.25) is 5.89 Å². The molecule has 0 amide bonds. The van der Waals surface area contributed by atoms with Crippen molar-refractivity contribution in [2.75, 3.05) is 5.73 Å². The Kier molecular flexibility index (Phi) is 4.33. The van der Waals surface area contributed by atoms with Gasteiger partial charge >= 0.3 is 6.43 Å². The summed E-state index contributed by atoms with van der Waals surface area (Å²) in [4.78, 5) is 8.44. The zero-order valence-electron chi connectivity index (χ0n) is 14.0. The van der Waals surface area contributed by atoms with E-state index in [0.717, 1.165) is 16.8 Å². The van der Waals surface area contributed by atoms with Gasteiger partial charge in [0.05, 0.1) is 12.0 Å². The Morgan fingerprint density at radius 2 is 1.78 bits per heavy atom. The normalized spacial score (nSPS) is 11.2. The molecule has 0 saturated heterocycles. The van der Waals surface area contributed by atoms with E-state index >= 15 is 0 Å². The van der Waals surface area contributed by atoms with E-state index in [-0.39, 0.29) is 5.89 Å². The third-order valence-corrected chi connectivity index (χ3v) is 3.91. The lowest BCUT2D eigenvalue weighted by Gasteiger charge is -2.03. The summed E-state index contributed by atoms with van der Waals surface area (Å²) < 4.78 is 31.9. The molecule has 4 rings (SSSR count). The quantitative estimate of drug-likeness (QED) is 0.579. The molecule has 0 fully saturated rings. The van der Waals surface area contributed by atoms with E-state index in [2.05, 4.69) is 20.2 Å². The van der Waals surface area contributed by atoms with E-state index in [1.165, 1.54) is 0 Å². The van der Waals surface area contributed by atoms with Gasteiger partial charge in [-0.1, -0.05) is 12.1 Å². The number of halogens is 2. The molecular formula is C18H14F2N6O. The smallest absolute Gasteiger partial charge is 0.314 e. The van der Waals surface area contributed by atoms with Crippen LogP contribution in [-0.2, 0) is 6.54 Å². The minimum Gasteiger partial charge on any atom is -0.415 e. The Morgan fingerprint density at radius 3 is 2.44 bits per heavy atom. The van der Waals surface area contributed by atoms with Crippen molar-refractivity contribution in [2.45, 2.75) is 13.0 Å². The van der Waals surface area contributed by atoms with Crippen LogP contribution in [0.25, 0.3) is 22.7 Å². The van der Waals surface area contributed by atoms with Crippen molar-refractivity contribution in [3.05, 3.63) is 66.6 Å². The molecule has 27 heavy (non-hydrogen) atoms. The molecule has 0 atom stereocenters. The van der Waals surface area contributed by atoms with Gasteiger partial charge in [-0.15, -0.1) is 10.2 Å². The fourth-order valence-corrected chi connectivity index (χ4v) is 2.56. The van der Waals surface area contributed by atoms with Crippen molar-refractivity contribution in [1.82, 2.24) is 24.7 Å². The Bertz CT molecular complexity index is 1040. The first-order valence-corrected chi connectivity index (χ1v) is 8.03. The van der Waals surface area contributed by atoms with Gasteiger partial charge in [0.15, 0.2) is 0 Å². The molecule has 0 spiro atoms. The Morgan fingerprint density at radius 1 is 1.00 bits per heavy atom. The molecule has 0 aliphatic carbocycles. The number of benzene rings is 1. The van der Waals surface area contributed by atoms with E-state index in [9.17, 15) is 8.78 Å². The predicted molar refractivity (Wildman–Crippen MR) is 93.7 cm³/mol. The fourth-order valence-electron chi connectivity index (χ4n) is 2.56. The number of imidazole rings is 1. The van der Waals surface area contributed by atoms with Crippen LogP contribution < -0.4 is 5.73 Å². The molecule has 136 valence electrons. The summed E-state index contributed by atoms with van der Waals surface area (Å²) in [5, 5.41) is 6.96. The van der Waals surface area contributed by atoms with Crippen LogP contribution in [0.15, 0.2) is 59.5 Å². The van der Waals surface area contributed by atoms with E-state index in [0.29, 0.717) is 17.9 Å². The summed E-state index contributed by atoms with van der Waals surface area (Å²) in [5.41, 5.74) is 8.86. The number of rotatable bonds is 5. The van der Waals surface area contributed by atoms with Crippen LogP contribution in [-0.4, -0.2) is 24.7 Å². The first-order valence-electron chi connectivity index (χ1n) is 8.03. The fraction of sp³-hybridized carbons (Fsp3) is 0.111. The second-order valence-electron chi connectivity index (χ2n) is 5.85. The molecule has 4 aromatic rings. The monoisotopic (exact) mass is 368 g/mol. The van der Waals surface area contributed by atoms with Gasteiger partial charge < -0.3 is 14.7 Å². The topological polar surface area (TPSA) is 95.7 Å². The SMILES string of the molecule is Nc1ccc(-c2cn(Cc3ccc(-c4nnc(C(F)F)o4)cc3)cn2)cn1. The molecule has 9 heteroatoms. The molecular weight excluding hydrogens is 354 g/mol. The first-order chi connectivity index (χ1) is 13.1. The van der Waals surface area contributed by atoms with Crippen molar-refractivity contribution < 1.29 is 13.2 Å². The van der Waals surface area contributed by atoms with E-state index in [1.807, 2.05) is 29.0 Å². The van der Waals surface area contributed by atoms with Crippen molar-refractivity contribution in [3.8, 4) is 22.7 Å². The average Bonchev–Trinajstić information content (AvgIpc) is 3.33. The number of alkyl halides is 2. The van der Waals surface area contributed by atoms with Gasteiger partial charge in [0, 0.05) is 30.1 Å². The molecule has 0 aliphatic heterocycles. The van der Waals surface area contributed by atoms with Gasteiger partial charge in [-0.05, 0) is 29.8 Å². The molecule has 3 heterocycles. The Hall–Kier alpha value is -3.62. The molecule has 0 saturated carbocycles. The molecule has 0 radical (unpaired) electrons. The summed E-state index contributed by atoms with van der Waals surface area (Å²) in [6.07, 6.45) is 2.53. The van der Waals surface area contributed by atoms with Crippen molar-refractivity contribution in [3.63, 3.8) is 0 Å². The van der Waals surface area contributed by atoms with Gasteiger partial charge in [-0.25, -0.2) is 9.97 Å². The van der Waals surface area contributed by atoms with Crippen LogP contribution in [0.5, 0.6) is 0 Å². The molecule has 1 aromatic carbocycles. The minimum atomic E-state index is -2.78. The van der Waals surface area contributed by atoms with E-state index < -0.39 is 12.3 Å². The highest BCUT2D eigenvalue weighted by molar-refractivity contribution is 5.58. The van der Waals surface area contributed by atoms with E-state index in [1.54, 1.807) is 30.7 Å². The number of anilines is 1. The Balaban J connectivity index is 1.48. The molecule has 0 bridgehead atoms. The maximum Gasteiger partial charge on any atom is 0.314 e. The first kappa shape index (κ1) is 16.8. The summed E-state index contributed by atoms with van der Waals surface area (Å²) in [5.74, 6) is -0.157. The molecule has 0 aliphatic rings. The molecule has 7 nitrogen and oxygen atoms in total. The number of nitrogens with zero attached hydrogens (tertiary/aromatic N) is 5. The largest absolute Gasteiger partial charge is 0.415 e. The standard InChI is InChI=1S/C18H14F2N6O/c19-16(20)18-25-24-17(27-18)12-3-1-11(2-4-12)8-26-9-14(23-10-26)13-5-6-15(21)22-7-13/h1-7,9-10,16H,8H2,(H2,21,22). The second-order valence-corrected chi connectivity index (χ2v) is 5.85. The van der Waals surface area contributed by atoms with Crippen molar-refractivity contribution >= 4 is 5.82 Å². The average molecular weight is 368 g/mol. The maximum atomic E-state index is 12.5. The van der Waals surface area contributed by atoms with Gasteiger partial charge in [-0.3, -0.25) is 0 Å². The minimum absolute atomic E-state index is 0.0672. The zero-order valence-corrected chi connectivity index (χ0v) is 14.0. The lowest BCUT2D eigenvalue weighted by Crippen LogP contribution is -1.96. The summed E-state index contributed by atoms with van der Waals surface area (Å²) >= 11 is 0. The van der Waals surface area contributed by atoms with Crippen LogP contribution in [0.4, 0.5) is 14.6 Å². The van der Waals surface area contributed by atoms with Crippen LogP contribution in [0.2, 0.25) is 0 Å². The highest BCUT2D eigenvalue weighted by Gasteiger charge is 2.16. The van der Waals surface area contributed by atoms with Crippen molar-refractivity contribution in [1.29, 1.82) is 0 Å². The summed E-state index contributed by atoms with van der Waals surface area (Å²) in [7, 11) is 0. The third-order valence-electron chi connectivity index (χ3n) is 3.91. The van der Waals surface area contributed by atoms with Crippen LogP contribution in [0.3, 0.4) is 0 Å². The van der Waals surface area contributed by atoms with Crippen LogP contribution in [0, 0.1) is 0 Å². The molecule has 0 unspecified atom stereocenters. The van der Waals surface area contributed by atoms with E-state index in [4.69, 9.17) is 10.2 Å². The van der Waals surface area contributed by atoms with Crippen LogP contribution in [0.1, 0.15) is 17.9 Å². The van der Waals surface area contributed by atoms with Gasteiger partial charge in [0.25, 0.3) is 5.89 Å². The number of nitrogens with two attached hydrogens (primary N) is 1. The predicted octanol–water partition coefficient (Wildman–Crippen LogP) is 3.56. The molecule has 2 N–H and O–H groups in total. The second kappa shape index (κ2) is 6.94. The molecule has 3 aromatic heterocycles. The third kappa shape index (κ3) is 3.66. The number of hydrogen-bond donors (Lipinski definition) is 1. The number of pyridine rings is 1. The number of hydrogen-bond acceptors (Lipinski definition) is 6. The summed E-state index contributed by atoms with van der Waals surface area (Å²) in [6.45, 7) is 0.599.